The van der Waals surface area contributed by atoms with Gasteiger partial charge in [0.15, 0.2) is 0 Å². The van der Waals surface area contributed by atoms with Gasteiger partial charge in [-0.05, 0) is 23.3 Å². The molecule has 0 aromatic heterocycles. The van der Waals surface area contributed by atoms with Gasteiger partial charge < -0.3 is 0 Å². The van der Waals surface area contributed by atoms with Gasteiger partial charge in [-0.1, -0.05) is 72.8 Å². The van der Waals surface area contributed by atoms with Gasteiger partial charge in [0.1, 0.15) is 4.90 Å². The van der Waals surface area contributed by atoms with Gasteiger partial charge in [0.05, 0.1) is 18.8 Å². The minimum absolute atomic E-state index is 0.00162. The third kappa shape index (κ3) is 3.19. The molecule has 3 aromatic rings. The van der Waals surface area contributed by atoms with E-state index in [1.54, 1.807) is 24.3 Å². The normalized spacial score (nSPS) is 15.5. The second-order valence-corrected chi connectivity index (χ2v) is 8.15. The first-order valence-electron chi connectivity index (χ1n) is 8.58. The van der Waals surface area contributed by atoms with Gasteiger partial charge in [-0.25, -0.2) is 17.5 Å². The number of rotatable bonds is 4. The summed E-state index contributed by atoms with van der Waals surface area (Å²) in [6.07, 6.45) is 0. The zero-order valence-electron chi connectivity index (χ0n) is 14.5. The van der Waals surface area contributed by atoms with E-state index in [9.17, 15) is 13.2 Å². The lowest BCUT2D eigenvalue weighted by Gasteiger charge is -2.36. The van der Waals surface area contributed by atoms with Gasteiger partial charge in [-0.3, -0.25) is 4.90 Å². The smallest absolute Gasteiger partial charge is 0.288 e. The summed E-state index contributed by atoms with van der Waals surface area (Å²) in [6.45, 7) is 0.305. The van der Waals surface area contributed by atoms with E-state index in [4.69, 9.17) is 0 Å². The summed E-state index contributed by atoms with van der Waals surface area (Å²) in [7, 11) is -3.91. The Hall–Kier alpha value is -3.12. The topological polar surface area (TPSA) is 57.7 Å². The molecule has 0 fully saturated rings. The summed E-state index contributed by atoms with van der Waals surface area (Å²) in [5, 5.41) is 0. The van der Waals surface area contributed by atoms with Gasteiger partial charge in [-0.2, -0.15) is 0 Å². The third-order valence-corrected chi connectivity index (χ3v) is 6.29. The monoisotopic (exact) mass is 378 g/mol. The molecule has 0 unspecified atom stereocenters. The van der Waals surface area contributed by atoms with E-state index in [1.165, 1.54) is 4.90 Å². The van der Waals surface area contributed by atoms with Gasteiger partial charge >= 0.3 is 6.03 Å². The molecule has 3 aromatic carbocycles. The molecule has 1 aliphatic heterocycles. The molecule has 27 heavy (non-hydrogen) atoms. The van der Waals surface area contributed by atoms with Gasteiger partial charge in [0, 0.05) is 0 Å². The van der Waals surface area contributed by atoms with E-state index >= 15 is 0 Å². The van der Waals surface area contributed by atoms with Crippen LogP contribution in [0.15, 0.2) is 89.8 Å². The van der Waals surface area contributed by atoms with Crippen LogP contribution in [0.2, 0.25) is 0 Å². The molecule has 4 rings (SSSR count). The number of fused-ring (bicyclic) bond motifs is 1. The first kappa shape index (κ1) is 17.3. The van der Waals surface area contributed by atoms with E-state index in [2.05, 4.69) is 0 Å². The molecular formula is C21H18N2O3S. The Balaban J connectivity index is 1.78. The number of hydrogen-bond donors (Lipinski definition) is 0. The molecule has 0 bridgehead atoms. The minimum atomic E-state index is -3.91. The maximum Gasteiger partial charge on any atom is 0.339 e. The Morgan fingerprint density at radius 2 is 1.19 bits per heavy atom. The highest BCUT2D eigenvalue weighted by molar-refractivity contribution is 7.90. The summed E-state index contributed by atoms with van der Waals surface area (Å²) in [6, 6.07) is 24.8. The fraction of sp³-hybridized carbons (Fsp3) is 0.0952. The van der Waals surface area contributed by atoms with E-state index in [0.29, 0.717) is 12.2 Å². The molecule has 2 amide bonds. The maximum absolute atomic E-state index is 13.2. The fourth-order valence-corrected chi connectivity index (χ4v) is 4.73. The molecule has 5 nitrogen and oxygen atoms in total. The van der Waals surface area contributed by atoms with Crippen molar-refractivity contribution in [3.05, 3.63) is 96.1 Å². The predicted molar refractivity (Wildman–Crippen MR) is 104 cm³/mol. The average Bonchev–Trinajstić information content (AvgIpc) is 2.70. The van der Waals surface area contributed by atoms with Crippen LogP contribution in [-0.2, 0) is 23.1 Å². The van der Waals surface area contributed by atoms with Crippen LogP contribution in [0.3, 0.4) is 0 Å². The van der Waals surface area contributed by atoms with E-state index in [0.717, 1.165) is 15.4 Å². The van der Waals surface area contributed by atoms with Crippen molar-refractivity contribution in [2.75, 3.05) is 4.90 Å². The predicted octanol–water partition coefficient (Wildman–Crippen LogP) is 4.02. The number of carbonyl (C=O) groups is 1. The number of amides is 2. The first-order chi connectivity index (χ1) is 13.1. The number of nitrogens with zero attached hydrogens (tertiary/aromatic N) is 2. The van der Waals surface area contributed by atoms with Gasteiger partial charge in [0.2, 0.25) is 0 Å². The second kappa shape index (κ2) is 6.89. The van der Waals surface area contributed by atoms with Crippen molar-refractivity contribution in [2.45, 2.75) is 18.0 Å². The van der Waals surface area contributed by atoms with E-state index in [-0.39, 0.29) is 11.4 Å². The number of anilines is 1. The number of sulfonamides is 1. The zero-order chi connectivity index (χ0) is 18.9. The molecule has 1 heterocycles. The van der Waals surface area contributed by atoms with Crippen molar-refractivity contribution >= 4 is 21.7 Å². The third-order valence-electron chi connectivity index (χ3n) is 4.52. The summed E-state index contributed by atoms with van der Waals surface area (Å²) >= 11 is 0. The Labute approximate surface area is 158 Å². The van der Waals surface area contributed by atoms with Crippen LogP contribution in [-0.4, -0.2) is 18.8 Å². The highest BCUT2D eigenvalue weighted by Gasteiger charge is 2.41. The average molecular weight is 378 g/mol. The summed E-state index contributed by atoms with van der Waals surface area (Å²) in [5.41, 5.74) is 2.10. The number of urea groups is 1. The van der Waals surface area contributed by atoms with Gasteiger partial charge in [-0.15, -0.1) is 0 Å². The lowest BCUT2D eigenvalue weighted by Crippen LogP contribution is -2.49. The van der Waals surface area contributed by atoms with E-state index < -0.39 is 16.1 Å². The van der Waals surface area contributed by atoms with Crippen LogP contribution < -0.4 is 4.90 Å². The number of hydrogen-bond acceptors (Lipinski definition) is 3. The van der Waals surface area contributed by atoms with Crippen LogP contribution in [0.5, 0.6) is 0 Å². The SMILES string of the molecule is O=C1N(Cc2ccccc2)c2ccccc2S(=O)(=O)N1Cc1ccccc1. The molecule has 6 heteroatoms. The van der Waals surface area contributed by atoms with Crippen molar-refractivity contribution in [2.24, 2.45) is 0 Å². The van der Waals surface area contributed by atoms with Gasteiger partial charge in [0.25, 0.3) is 10.0 Å². The molecule has 0 aliphatic carbocycles. The number of benzene rings is 3. The molecule has 0 N–H and O–H groups in total. The molecule has 0 saturated heterocycles. The highest BCUT2D eigenvalue weighted by Crippen LogP contribution is 2.35. The molecular weight excluding hydrogens is 360 g/mol. The maximum atomic E-state index is 13.2. The van der Waals surface area contributed by atoms with Crippen molar-refractivity contribution < 1.29 is 13.2 Å². The van der Waals surface area contributed by atoms with Crippen molar-refractivity contribution in [1.29, 1.82) is 0 Å². The van der Waals surface area contributed by atoms with Crippen molar-refractivity contribution in [3.63, 3.8) is 0 Å². The largest absolute Gasteiger partial charge is 0.339 e. The Bertz CT molecular complexity index is 1070. The Kier molecular flexibility index (Phi) is 4.41. The molecule has 136 valence electrons. The van der Waals surface area contributed by atoms with Crippen LogP contribution >= 0.6 is 0 Å². The quantitative estimate of drug-likeness (QED) is 0.689. The highest BCUT2D eigenvalue weighted by atomic mass is 32.2. The number of carbonyl (C=O) groups excluding carboxylic acids is 1. The van der Waals surface area contributed by atoms with E-state index in [1.807, 2.05) is 60.7 Å². The molecule has 0 saturated carbocycles. The first-order valence-corrected chi connectivity index (χ1v) is 10.0. The van der Waals surface area contributed by atoms with Crippen molar-refractivity contribution in [3.8, 4) is 0 Å². The summed E-state index contributed by atoms with van der Waals surface area (Å²) < 4.78 is 27.1. The second-order valence-electron chi connectivity index (χ2n) is 6.32. The molecule has 0 radical (unpaired) electrons. The summed E-state index contributed by atoms with van der Waals surface area (Å²) in [4.78, 5) is 14.9. The van der Waals surface area contributed by atoms with Crippen LogP contribution in [0, 0.1) is 0 Å². The standard InChI is InChI=1S/C21H18N2O3S/c24-21-22(15-17-9-3-1-4-10-17)19-13-7-8-14-20(19)27(25,26)23(21)16-18-11-5-2-6-12-18/h1-14H,15-16H2. The zero-order valence-corrected chi connectivity index (χ0v) is 15.3. The lowest BCUT2D eigenvalue weighted by atomic mass is 10.2. The van der Waals surface area contributed by atoms with Crippen LogP contribution in [0.25, 0.3) is 0 Å². The summed E-state index contributed by atoms with van der Waals surface area (Å²) in [5.74, 6) is 0. The Morgan fingerprint density at radius 1 is 0.667 bits per heavy atom. The van der Waals surface area contributed by atoms with Crippen molar-refractivity contribution in [1.82, 2.24) is 4.31 Å². The molecule has 1 aliphatic rings. The lowest BCUT2D eigenvalue weighted by molar-refractivity contribution is 0.226. The fourth-order valence-electron chi connectivity index (χ4n) is 3.18. The Morgan fingerprint density at radius 3 is 1.81 bits per heavy atom. The number of para-hydroxylation sites is 1. The molecule has 0 atom stereocenters. The minimum Gasteiger partial charge on any atom is -0.288 e. The molecule has 0 spiro atoms. The van der Waals surface area contributed by atoms with Crippen LogP contribution in [0.1, 0.15) is 11.1 Å². The van der Waals surface area contributed by atoms with Crippen LogP contribution in [0.4, 0.5) is 10.5 Å².